The van der Waals surface area contributed by atoms with Crippen LogP contribution in [-0.4, -0.2) is 32.3 Å². The number of anilines is 1. The molecule has 3 aromatic rings. The lowest BCUT2D eigenvalue weighted by Gasteiger charge is -2.21. The molecule has 2 amide bonds. The van der Waals surface area contributed by atoms with Gasteiger partial charge < -0.3 is 15.2 Å². The molecule has 1 heterocycles. The predicted molar refractivity (Wildman–Crippen MR) is 140 cm³/mol. The highest BCUT2D eigenvalue weighted by Crippen LogP contribution is 2.27. The molecule has 34 heavy (non-hydrogen) atoms. The summed E-state index contributed by atoms with van der Waals surface area (Å²) >= 11 is 4.79. The van der Waals surface area contributed by atoms with E-state index in [1.807, 2.05) is 82.6 Å². The Morgan fingerprint density at radius 3 is 2.26 bits per heavy atom. The Bertz CT molecular complexity index is 1170. The van der Waals surface area contributed by atoms with Gasteiger partial charge in [0.2, 0.25) is 5.91 Å². The Kier molecular flexibility index (Phi) is 8.54. The van der Waals surface area contributed by atoms with E-state index in [1.165, 1.54) is 11.8 Å². The second-order valence-electron chi connectivity index (χ2n) is 8.71. The molecule has 0 radical (unpaired) electrons. The van der Waals surface area contributed by atoms with E-state index in [0.717, 1.165) is 26.9 Å². The molecule has 0 saturated heterocycles. The molecule has 0 aliphatic rings. The molecule has 1 aromatic heterocycles. The van der Waals surface area contributed by atoms with Gasteiger partial charge in [0.15, 0.2) is 11.0 Å². The largest absolute Gasteiger partial charge is 0.342 e. The van der Waals surface area contributed by atoms with E-state index < -0.39 is 0 Å². The van der Waals surface area contributed by atoms with Crippen molar-refractivity contribution in [3.8, 4) is 0 Å². The normalized spacial score (nSPS) is 12.0. The van der Waals surface area contributed by atoms with Crippen LogP contribution < -0.4 is 10.6 Å². The van der Waals surface area contributed by atoms with Gasteiger partial charge in [-0.2, -0.15) is 0 Å². The van der Waals surface area contributed by atoms with Crippen LogP contribution in [0, 0.1) is 26.7 Å². The number of rotatable bonds is 8. The van der Waals surface area contributed by atoms with Crippen LogP contribution in [0.2, 0.25) is 0 Å². The van der Waals surface area contributed by atoms with Crippen LogP contribution in [0.25, 0.3) is 0 Å². The van der Waals surface area contributed by atoms with Crippen LogP contribution in [0.15, 0.2) is 46.0 Å². The topological polar surface area (TPSA) is 88.9 Å². The number of hydrogen-bond acceptors (Lipinski definition) is 5. The average Bonchev–Trinajstić information content (AvgIpc) is 3.13. The maximum Gasteiger partial charge on any atom is 0.251 e. The minimum Gasteiger partial charge on any atom is -0.342 e. The van der Waals surface area contributed by atoms with E-state index in [2.05, 4.69) is 36.8 Å². The third-order valence-corrected chi connectivity index (χ3v) is 6.99. The summed E-state index contributed by atoms with van der Waals surface area (Å²) in [7, 11) is 1.85. The van der Waals surface area contributed by atoms with Gasteiger partial charge in [0.25, 0.3) is 5.91 Å². The van der Waals surface area contributed by atoms with Crippen LogP contribution in [0.5, 0.6) is 0 Å². The fourth-order valence-corrected chi connectivity index (χ4v) is 5.00. The number of aryl methyl sites for hydroxylation is 3. The minimum atomic E-state index is -0.317. The summed E-state index contributed by atoms with van der Waals surface area (Å²) in [5.41, 5.74) is 4.52. The van der Waals surface area contributed by atoms with Crippen molar-refractivity contribution in [1.29, 1.82) is 0 Å². The van der Waals surface area contributed by atoms with Crippen molar-refractivity contribution >= 4 is 45.2 Å². The SMILES string of the molecule is Cc1ccc(C(=O)N[C@@H](c2nnc(SCC(=O)Nc3c(C)cc(Br)cc3C)n2C)C(C)C)cc1. The number of nitrogens with zero attached hydrogens (tertiary/aromatic N) is 3. The van der Waals surface area contributed by atoms with E-state index in [0.29, 0.717) is 16.5 Å². The number of nitrogens with one attached hydrogen (secondary N) is 2. The number of carbonyl (C=O) groups excluding carboxylic acids is 2. The quantitative estimate of drug-likeness (QED) is 0.373. The Hall–Kier alpha value is -2.65. The van der Waals surface area contributed by atoms with Gasteiger partial charge in [0.1, 0.15) is 0 Å². The number of halogens is 1. The molecule has 0 fully saturated rings. The average molecular weight is 545 g/mol. The molecule has 2 N–H and O–H groups in total. The molecule has 2 aromatic carbocycles. The summed E-state index contributed by atoms with van der Waals surface area (Å²) in [6.45, 7) is 9.97. The van der Waals surface area contributed by atoms with Gasteiger partial charge in [-0.05, 0) is 62.1 Å². The van der Waals surface area contributed by atoms with Crippen molar-refractivity contribution in [2.24, 2.45) is 13.0 Å². The van der Waals surface area contributed by atoms with Gasteiger partial charge in [0.05, 0.1) is 11.8 Å². The number of carbonyl (C=O) groups is 2. The molecule has 7 nitrogen and oxygen atoms in total. The maximum atomic E-state index is 12.8. The van der Waals surface area contributed by atoms with Crippen LogP contribution in [0.1, 0.15) is 52.8 Å². The predicted octanol–water partition coefficient (Wildman–Crippen LogP) is 5.36. The van der Waals surface area contributed by atoms with Crippen LogP contribution >= 0.6 is 27.7 Å². The minimum absolute atomic E-state index is 0.0989. The first kappa shape index (κ1) is 26.0. The van der Waals surface area contributed by atoms with E-state index in [4.69, 9.17) is 0 Å². The Morgan fingerprint density at radius 1 is 1.06 bits per heavy atom. The Labute approximate surface area is 213 Å². The molecule has 0 spiro atoms. The number of aromatic nitrogens is 3. The van der Waals surface area contributed by atoms with Crippen molar-refractivity contribution < 1.29 is 9.59 Å². The second kappa shape index (κ2) is 11.2. The van der Waals surface area contributed by atoms with Gasteiger partial charge >= 0.3 is 0 Å². The molecule has 180 valence electrons. The van der Waals surface area contributed by atoms with Gasteiger partial charge in [-0.1, -0.05) is 59.2 Å². The standard InChI is InChI=1S/C25H30BrN5O2S/c1-14(2)21(28-24(33)18-9-7-15(3)8-10-18)23-29-30-25(31(23)6)34-13-20(32)27-22-16(4)11-19(26)12-17(22)5/h7-12,14,21H,13H2,1-6H3,(H,27,32)(H,28,33)/t21-/m1/s1. The lowest BCUT2D eigenvalue weighted by molar-refractivity contribution is -0.113. The van der Waals surface area contributed by atoms with Gasteiger partial charge in [-0.15, -0.1) is 10.2 Å². The van der Waals surface area contributed by atoms with Crippen molar-refractivity contribution in [2.45, 2.75) is 45.8 Å². The first-order valence-corrected chi connectivity index (χ1v) is 12.8. The zero-order chi connectivity index (χ0) is 25.0. The molecule has 0 aliphatic heterocycles. The first-order valence-electron chi connectivity index (χ1n) is 11.0. The highest BCUT2D eigenvalue weighted by atomic mass is 79.9. The molecule has 0 saturated carbocycles. The van der Waals surface area contributed by atoms with Crippen molar-refractivity contribution in [1.82, 2.24) is 20.1 Å². The first-order chi connectivity index (χ1) is 16.1. The molecule has 1 atom stereocenters. The van der Waals surface area contributed by atoms with Crippen LogP contribution in [0.4, 0.5) is 5.69 Å². The van der Waals surface area contributed by atoms with Gasteiger partial charge in [-0.3, -0.25) is 9.59 Å². The van der Waals surface area contributed by atoms with Crippen LogP contribution in [0.3, 0.4) is 0 Å². The highest BCUT2D eigenvalue weighted by Gasteiger charge is 2.25. The monoisotopic (exact) mass is 543 g/mol. The molecule has 9 heteroatoms. The summed E-state index contributed by atoms with van der Waals surface area (Å²) in [5, 5.41) is 15.3. The summed E-state index contributed by atoms with van der Waals surface area (Å²) in [5.74, 6) is 0.676. The van der Waals surface area contributed by atoms with E-state index in [9.17, 15) is 9.59 Å². The van der Waals surface area contributed by atoms with Gasteiger partial charge in [0, 0.05) is 22.8 Å². The summed E-state index contributed by atoms with van der Waals surface area (Å²) < 4.78 is 2.82. The van der Waals surface area contributed by atoms with E-state index >= 15 is 0 Å². The fraction of sp³-hybridized carbons (Fsp3) is 0.360. The second-order valence-corrected chi connectivity index (χ2v) is 10.6. The summed E-state index contributed by atoms with van der Waals surface area (Å²) in [6, 6.07) is 11.1. The zero-order valence-electron chi connectivity index (χ0n) is 20.3. The molecule has 0 bridgehead atoms. The number of thioether (sulfide) groups is 1. The van der Waals surface area contributed by atoms with Crippen LogP contribution in [-0.2, 0) is 11.8 Å². The smallest absolute Gasteiger partial charge is 0.251 e. The van der Waals surface area contributed by atoms with Crippen molar-refractivity contribution in [3.63, 3.8) is 0 Å². The number of benzene rings is 2. The lowest BCUT2D eigenvalue weighted by Crippen LogP contribution is -2.33. The Balaban J connectivity index is 1.68. The van der Waals surface area contributed by atoms with E-state index in [1.54, 1.807) is 0 Å². The van der Waals surface area contributed by atoms with Crippen molar-refractivity contribution in [2.75, 3.05) is 11.1 Å². The lowest BCUT2D eigenvalue weighted by atomic mass is 10.0. The zero-order valence-corrected chi connectivity index (χ0v) is 22.7. The molecule has 0 unspecified atom stereocenters. The third kappa shape index (κ3) is 6.27. The number of hydrogen-bond donors (Lipinski definition) is 2. The highest BCUT2D eigenvalue weighted by molar-refractivity contribution is 9.10. The third-order valence-electron chi connectivity index (χ3n) is 5.51. The Morgan fingerprint density at radius 2 is 1.68 bits per heavy atom. The fourth-order valence-electron chi connectivity index (χ4n) is 3.59. The maximum absolute atomic E-state index is 12.8. The summed E-state index contributed by atoms with van der Waals surface area (Å²) in [6.07, 6.45) is 0. The van der Waals surface area contributed by atoms with Gasteiger partial charge in [-0.25, -0.2) is 0 Å². The number of amides is 2. The molecule has 0 aliphatic carbocycles. The van der Waals surface area contributed by atoms with Crippen molar-refractivity contribution in [3.05, 3.63) is 68.9 Å². The molecular formula is C25H30BrN5O2S. The molecular weight excluding hydrogens is 514 g/mol. The summed E-state index contributed by atoms with van der Waals surface area (Å²) in [4.78, 5) is 25.4. The van der Waals surface area contributed by atoms with E-state index in [-0.39, 0.29) is 29.5 Å². The molecule has 3 rings (SSSR count).